The van der Waals surface area contributed by atoms with E-state index in [-0.39, 0.29) is 17.2 Å². The topological polar surface area (TPSA) is 341 Å². The van der Waals surface area contributed by atoms with E-state index in [4.69, 9.17) is 32.2 Å². The van der Waals surface area contributed by atoms with Crippen molar-refractivity contribution in [2.45, 2.75) is 74.0 Å². The van der Waals surface area contributed by atoms with Gasteiger partial charge in [0.15, 0.2) is 23.1 Å². The molecule has 0 saturated carbocycles. The fourth-order valence-electron chi connectivity index (χ4n) is 9.83. The lowest BCUT2D eigenvalue weighted by Gasteiger charge is -2.05. The molecular weight excluding hydrogens is 1060 g/mol. The maximum atomic E-state index is 11.8. The molecule has 12 aromatic rings. The van der Waals surface area contributed by atoms with Gasteiger partial charge in [0.1, 0.15) is 45.6 Å². The van der Waals surface area contributed by atoms with Gasteiger partial charge in [0.2, 0.25) is 5.82 Å². The average molecular weight is 1120 g/mol. The first-order valence-electron chi connectivity index (χ1n) is 26.7. The van der Waals surface area contributed by atoms with E-state index in [9.17, 15) is 14.4 Å². The van der Waals surface area contributed by atoms with Gasteiger partial charge in [-0.2, -0.15) is 30.6 Å². The number of carbonyl (C=O) groups is 3. The molecule has 12 heterocycles. The van der Waals surface area contributed by atoms with Crippen molar-refractivity contribution in [1.29, 1.82) is 0 Å². The Bertz CT molecular complexity index is 4280. The number of aromatic nitrogens is 22. The molecule has 426 valence electrons. The molecule has 12 aromatic heterocycles. The van der Waals surface area contributed by atoms with Gasteiger partial charge in [-0.05, 0) is 71.4 Å². The van der Waals surface area contributed by atoms with Crippen LogP contribution in [0.3, 0.4) is 0 Å². The highest BCUT2D eigenvalue weighted by molar-refractivity contribution is 6.00. The second-order valence-electron chi connectivity index (χ2n) is 20.0. The van der Waals surface area contributed by atoms with E-state index in [0.29, 0.717) is 45.6 Å². The number of nitrogens with two attached hydrogens (primary N) is 3. The van der Waals surface area contributed by atoms with E-state index in [2.05, 4.69) is 57.5 Å². The number of fused-ring (bicyclic) bond motifs is 3. The number of hydrogen-bond donors (Lipinski definition) is 3. The molecule has 0 unspecified atom stereocenters. The first kappa shape index (κ1) is 55.8. The Balaban J connectivity index is 0.000000139. The zero-order valence-corrected chi connectivity index (χ0v) is 48.2. The smallest absolute Gasteiger partial charge is 0.286 e. The molecule has 12 rings (SSSR count). The van der Waals surface area contributed by atoms with Gasteiger partial charge in [-0.15, -0.1) is 0 Å². The first-order chi connectivity index (χ1) is 39.7. The van der Waals surface area contributed by atoms with Crippen molar-refractivity contribution in [3.8, 4) is 68.7 Å². The Morgan fingerprint density at radius 2 is 0.843 bits per heavy atom. The van der Waals surface area contributed by atoms with Crippen molar-refractivity contribution in [2.24, 2.45) is 59.5 Å². The largest absolute Gasteiger partial charge is 0.364 e. The monoisotopic (exact) mass is 1120 g/mol. The highest BCUT2D eigenvalue weighted by Gasteiger charge is 2.24. The first-order valence-corrected chi connectivity index (χ1v) is 26.7. The van der Waals surface area contributed by atoms with Crippen molar-refractivity contribution in [1.82, 2.24) is 107 Å². The van der Waals surface area contributed by atoms with Crippen molar-refractivity contribution in [3.63, 3.8) is 0 Å². The van der Waals surface area contributed by atoms with Crippen LogP contribution in [0.25, 0.3) is 102 Å². The van der Waals surface area contributed by atoms with Crippen LogP contribution >= 0.6 is 0 Å². The van der Waals surface area contributed by atoms with Gasteiger partial charge >= 0.3 is 0 Å². The predicted octanol–water partition coefficient (Wildman–Crippen LogP) is 5.15. The van der Waals surface area contributed by atoms with E-state index in [0.717, 1.165) is 106 Å². The highest BCUT2D eigenvalue weighted by atomic mass is 16.2. The molecule has 0 atom stereocenters. The van der Waals surface area contributed by atoms with Crippen LogP contribution in [0.1, 0.15) is 82.3 Å². The Morgan fingerprint density at radius 1 is 0.458 bits per heavy atom. The lowest BCUT2D eigenvalue weighted by atomic mass is 10.2. The number of pyridine rings is 2. The van der Waals surface area contributed by atoms with Gasteiger partial charge in [0.05, 0.1) is 69.2 Å². The predicted molar refractivity (Wildman–Crippen MR) is 310 cm³/mol. The molecule has 0 spiro atoms. The molecule has 0 fully saturated rings. The van der Waals surface area contributed by atoms with E-state index in [1.807, 2.05) is 134 Å². The number of aryl methyl sites for hydroxylation is 12. The number of amides is 3. The fraction of sp³-hybridized carbons (Fsp3) is 0.309. The summed E-state index contributed by atoms with van der Waals surface area (Å²) in [6.07, 6.45) is 13.0. The lowest BCUT2D eigenvalue weighted by Crippen LogP contribution is -2.16. The number of nitrogens with zero attached hydrogens (tertiary/aromatic N) is 22. The maximum Gasteiger partial charge on any atom is 0.286 e. The molecule has 83 heavy (non-hydrogen) atoms. The number of imidazole rings is 3. The molecule has 28 heteroatoms. The SMILES string of the molecule is CCCCn1nc(C)cc1-c1cn(C)c(-c2nc(C(N)=O)cc3c2cnn3C)n1.CCn1nc(C)cc1-c1cn(C)c(-c2nc(C(N)=O)cc3c2cnn3C)n1.CCn1nc(C)cc1-c1cn(C)c(-c2nc(C(N)=O)nc3c2cnn3C)n1. The normalized spacial score (nSPS) is 11.4. The van der Waals surface area contributed by atoms with Gasteiger partial charge in [0.25, 0.3) is 17.7 Å². The molecule has 0 aromatic carbocycles. The number of unbranched alkanes of at least 4 members (excludes halogenated alkanes) is 1. The summed E-state index contributed by atoms with van der Waals surface area (Å²) in [5.74, 6) is -0.0805. The highest BCUT2D eigenvalue weighted by Crippen LogP contribution is 2.33. The standard InChI is InChI=1S/C20H24N8O.C18H20N8O.C17H19N9O/c1-5-6-7-28-17(8-12(2)25-28)15-11-26(3)20(24-15)18-13-10-22-27(4)16(13)9-14(23-18)19(21)29;1-5-26-15(6-10(2)23-26)13-9-24(3)18(22-13)16-11-8-20-25(4)14(11)7-12(21-16)17(19)27;1-5-26-12(6-9(2)23-26)11-8-24(3)17(20-11)13-10-7-19-25(4)16(10)22-15(21-13)14(18)27/h8-11H,5-7H2,1-4H3,(H2,21,29);6-9H,5H2,1-4H3,(H2,19,27);6-8H,5H2,1-4H3,(H2,18,27). The van der Waals surface area contributed by atoms with Crippen LogP contribution in [0.5, 0.6) is 0 Å². The quantitative estimate of drug-likeness (QED) is 0.127. The minimum Gasteiger partial charge on any atom is -0.364 e. The Morgan fingerprint density at radius 3 is 1.24 bits per heavy atom. The fourth-order valence-corrected chi connectivity index (χ4v) is 9.83. The van der Waals surface area contributed by atoms with Crippen molar-refractivity contribution < 1.29 is 14.4 Å². The molecule has 0 saturated heterocycles. The van der Waals surface area contributed by atoms with Crippen LogP contribution in [0, 0.1) is 20.8 Å². The maximum absolute atomic E-state index is 11.8. The third-order valence-corrected chi connectivity index (χ3v) is 13.9. The summed E-state index contributed by atoms with van der Waals surface area (Å²) in [6, 6.07) is 9.33. The summed E-state index contributed by atoms with van der Waals surface area (Å²) >= 11 is 0. The van der Waals surface area contributed by atoms with E-state index >= 15 is 0 Å². The van der Waals surface area contributed by atoms with Crippen molar-refractivity contribution >= 4 is 50.6 Å². The Kier molecular flexibility index (Phi) is 14.9. The molecule has 0 aliphatic rings. The molecule has 28 nitrogen and oxygen atoms in total. The molecule has 3 amide bonds. The van der Waals surface area contributed by atoms with Crippen molar-refractivity contribution in [3.05, 3.63) is 102 Å². The summed E-state index contributed by atoms with van der Waals surface area (Å²) in [7, 11) is 11.0. The zero-order chi connectivity index (χ0) is 59.3. The average Bonchev–Trinajstić information content (AvgIpc) is 3.61. The van der Waals surface area contributed by atoms with Crippen LogP contribution in [-0.4, -0.2) is 125 Å². The lowest BCUT2D eigenvalue weighted by molar-refractivity contribution is 0.0984. The van der Waals surface area contributed by atoms with Crippen molar-refractivity contribution in [2.75, 3.05) is 0 Å². The second-order valence-corrected chi connectivity index (χ2v) is 20.0. The van der Waals surface area contributed by atoms with Crippen LogP contribution in [0.15, 0.2) is 67.5 Å². The summed E-state index contributed by atoms with van der Waals surface area (Å²) in [5.41, 5.74) is 28.5. The number of primary amides is 3. The number of hydrogen-bond acceptors (Lipinski definition) is 16. The number of rotatable bonds is 14. The molecule has 0 bridgehead atoms. The molecule has 0 aliphatic carbocycles. The van der Waals surface area contributed by atoms with Crippen LogP contribution in [0.2, 0.25) is 0 Å². The van der Waals surface area contributed by atoms with Crippen LogP contribution in [0.4, 0.5) is 0 Å². The van der Waals surface area contributed by atoms with Gasteiger partial charge in [-0.25, -0.2) is 34.9 Å². The third kappa shape index (κ3) is 10.6. The summed E-state index contributed by atoms with van der Waals surface area (Å²) in [6.45, 7) is 14.4. The minimum atomic E-state index is -0.700. The van der Waals surface area contributed by atoms with Crippen LogP contribution in [-0.2, 0) is 61.9 Å². The molecule has 0 radical (unpaired) electrons. The van der Waals surface area contributed by atoms with Crippen LogP contribution < -0.4 is 17.2 Å². The van der Waals surface area contributed by atoms with Gasteiger partial charge < -0.3 is 30.9 Å². The summed E-state index contributed by atoms with van der Waals surface area (Å²) in [5, 5.41) is 28.7. The van der Waals surface area contributed by atoms with Gasteiger partial charge in [-0.1, -0.05) is 13.3 Å². The van der Waals surface area contributed by atoms with E-state index in [1.54, 1.807) is 51.8 Å². The number of carbonyl (C=O) groups excluding carboxylic acids is 3. The van der Waals surface area contributed by atoms with Gasteiger partial charge in [-0.3, -0.25) is 42.5 Å². The summed E-state index contributed by atoms with van der Waals surface area (Å²) < 4.78 is 16.4. The molecule has 0 aliphatic heterocycles. The summed E-state index contributed by atoms with van der Waals surface area (Å²) in [4.78, 5) is 67.2. The zero-order valence-electron chi connectivity index (χ0n) is 48.2. The van der Waals surface area contributed by atoms with E-state index in [1.165, 1.54) is 0 Å². The third-order valence-electron chi connectivity index (χ3n) is 13.9. The van der Waals surface area contributed by atoms with Gasteiger partial charge in [0, 0.05) is 91.3 Å². The van der Waals surface area contributed by atoms with E-state index < -0.39 is 17.7 Å². The minimum absolute atomic E-state index is 0.0694. The Labute approximate surface area is 474 Å². The molecular formula is C55H63N25O3. The Hall–Kier alpha value is -10.5. The molecule has 6 N–H and O–H groups in total. The second kappa shape index (κ2) is 22.2.